The van der Waals surface area contributed by atoms with Crippen LogP contribution in [0.5, 0.6) is 5.75 Å². The van der Waals surface area contributed by atoms with Gasteiger partial charge in [0.15, 0.2) is 5.96 Å². The summed E-state index contributed by atoms with van der Waals surface area (Å²) in [7, 11) is 3.62. The van der Waals surface area contributed by atoms with Crippen LogP contribution in [0.4, 0.5) is 0 Å². The highest BCUT2D eigenvalue weighted by molar-refractivity contribution is 5.79. The second-order valence-electron chi connectivity index (χ2n) is 5.20. The molecule has 1 saturated carbocycles. The Hall–Kier alpha value is -1.71. The molecule has 0 spiro atoms. The summed E-state index contributed by atoms with van der Waals surface area (Å²) in [6.45, 7) is 0.761. The van der Waals surface area contributed by atoms with Gasteiger partial charge in [0.2, 0.25) is 0 Å². The lowest BCUT2D eigenvalue weighted by atomic mass is 9.98. The van der Waals surface area contributed by atoms with Gasteiger partial charge in [-0.2, -0.15) is 0 Å². The lowest BCUT2D eigenvalue weighted by molar-refractivity contribution is 0.155. The van der Waals surface area contributed by atoms with Gasteiger partial charge in [-0.3, -0.25) is 4.99 Å². The van der Waals surface area contributed by atoms with Crippen molar-refractivity contribution in [3.63, 3.8) is 0 Å². The number of nitrogens with zero attached hydrogens (tertiary/aromatic N) is 1. The zero-order valence-corrected chi connectivity index (χ0v) is 12.5. The molecule has 0 bridgehead atoms. The van der Waals surface area contributed by atoms with Gasteiger partial charge in [-0.05, 0) is 43.4 Å². The second kappa shape index (κ2) is 7.78. The molecule has 0 amide bonds. The van der Waals surface area contributed by atoms with Crippen LogP contribution < -0.4 is 15.4 Å². The number of nitrogens with one attached hydrogen (secondary N) is 2. The number of hydrogen-bond acceptors (Lipinski definition) is 2. The molecule has 4 nitrogen and oxygen atoms in total. The van der Waals surface area contributed by atoms with E-state index in [1.807, 2.05) is 7.05 Å². The van der Waals surface area contributed by atoms with Crippen LogP contribution in [-0.4, -0.2) is 26.2 Å². The molecule has 2 rings (SSSR count). The average molecular weight is 275 g/mol. The molecule has 1 fully saturated rings. The minimum Gasteiger partial charge on any atom is -0.490 e. The molecule has 0 saturated heterocycles. The first-order valence-electron chi connectivity index (χ1n) is 7.46. The van der Waals surface area contributed by atoms with Crippen molar-refractivity contribution >= 4 is 5.96 Å². The van der Waals surface area contributed by atoms with Crippen molar-refractivity contribution in [3.05, 3.63) is 29.8 Å². The zero-order valence-electron chi connectivity index (χ0n) is 12.5. The summed E-state index contributed by atoms with van der Waals surface area (Å²) >= 11 is 0. The van der Waals surface area contributed by atoms with Crippen LogP contribution >= 0.6 is 0 Å². The quantitative estimate of drug-likeness (QED) is 0.656. The molecule has 1 aliphatic rings. The number of benzene rings is 1. The van der Waals surface area contributed by atoms with Gasteiger partial charge < -0.3 is 15.4 Å². The summed E-state index contributed by atoms with van der Waals surface area (Å²) in [5.41, 5.74) is 1.22. The van der Waals surface area contributed by atoms with E-state index < -0.39 is 0 Å². The van der Waals surface area contributed by atoms with Crippen LogP contribution in [-0.2, 0) is 6.54 Å². The predicted molar refractivity (Wildman–Crippen MR) is 83.2 cm³/mol. The van der Waals surface area contributed by atoms with E-state index in [2.05, 4.69) is 39.9 Å². The largest absolute Gasteiger partial charge is 0.490 e. The summed E-state index contributed by atoms with van der Waals surface area (Å²) < 4.78 is 6.02. The Bertz CT molecular complexity index is 422. The highest BCUT2D eigenvalue weighted by atomic mass is 16.5. The maximum atomic E-state index is 6.02. The third kappa shape index (κ3) is 4.44. The molecule has 0 unspecified atom stereocenters. The zero-order chi connectivity index (χ0) is 14.2. The number of guanidine groups is 1. The number of ether oxygens (including phenoxy) is 1. The lowest BCUT2D eigenvalue weighted by Gasteiger charge is -2.23. The fourth-order valence-corrected chi connectivity index (χ4v) is 2.53. The first kappa shape index (κ1) is 14.7. The summed E-state index contributed by atoms with van der Waals surface area (Å²) in [5.74, 6) is 1.78. The van der Waals surface area contributed by atoms with Gasteiger partial charge in [0, 0.05) is 20.6 Å². The van der Waals surface area contributed by atoms with Crippen molar-refractivity contribution < 1.29 is 4.74 Å². The van der Waals surface area contributed by atoms with Gasteiger partial charge in [0.25, 0.3) is 0 Å². The van der Waals surface area contributed by atoms with Crippen LogP contribution in [0.25, 0.3) is 0 Å². The van der Waals surface area contributed by atoms with Crippen LogP contribution in [0.15, 0.2) is 29.3 Å². The third-order valence-corrected chi connectivity index (χ3v) is 3.70. The van der Waals surface area contributed by atoms with Crippen molar-refractivity contribution in [2.75, 3.05) is 14.1 Å². The molecular formula is C16H25N3O. The minimum absolute atomic E-state index is 0.413. The van der Waals surface area contributed by atoms with Crippen LogP contribution in [0.2, 0.25) is 0 Å². The number of hydrogen-bond donors (Lipinski definition) is 2. The maximum Gasteiger partial charge on any atom is 0.190 e. The molecule has 0 aliphatic heterocycles. The van der Waals surface area contributed by atoms with Gasteiger partial charge in [-0.1, -0.05) is 18.6 Å². The monoisotopic (exact) mass is 275 g/mol. The first-order chi connectivity index (χ1) is 9.81. The van der Waals surface area contributed by atoms with Crippen LogP contribution in [0, 0.1) is 0 Å². The van der Waals surface area contributed by atoms with Gasteiger partial charge in [0.05, 0.1) is 6.10 Å². The third-order valence-electron chi connectivity index (χ3n) is 3.70. The van der Waals surface area contributed by atoms with E-state index in [-0.39, 0.29) is 0 Å². The normalized spacial score (nSPS) is 16.8. The Balaban J connectivity index is 1.82. The van der Waals surface area contributed by atoms with Gasteiger partial charge in [0.1, 0.15) is 5.75 Å². The highest BCUT2D eigenvalue weighted by Gasteiger charge is 2.14. The average Bonchev–Trinajstić information content (AvgIpc) is 2.51. The Labute approximate surface area is 121 Å². The van der Waals surface area contributed by atoms with Crippen molar-refractivity contribution in [1.29, 1.82) is 0 Å². The van der Waals surface area contributed by atoms with Gasteiger partial charge in [-0.15, -0.1) is 0 Å². The minimum atomic E-state index is 0.413. The molecule has 0 radical (unpaired) electrons. The fourth-order valence-electron chi connectivity index (χ4n) is 2.53. The summed E-state index contributed by atoms with van der Waals surface area (Å²) in [5, 5.41) is 6.24. The lowest BCUT2D eigenvalue weighted by Crippen LogP contribution is -2.34. The Morgan fingerprint density at radius 2 is 1.90 bits per heavy atom. The molecular weight excluding hydrogens is 250 g/mol. The van der Waals surface area contributed by atoms with Crippen LogP contribution in [0.1, 0.15) is 37.7 Å². The smallest absolute Gasteiger partial charge is 0.190 e. The fraction of sp³-hybridized carbons (Fsp3) is 0.562. The summed E-state index contributed by atoms with van der Waals surface area (Å²) in [6.07, 6.45) is 6.77. The Kier molecular flexibility index (Phi) is 5.71. The Morgan fingerprint density at radius 3 is 2.50 bits per heavy atom. The Morgan fingerprint density at radius 1 is 1.20 bits per heavy atom. The number of aliphatic imine (C=N–C) groups is 1. The first-order valence-corrected chi connectivity index (χ1v) is 7.46. The molecule has 2 N–H and O–H groups in total. The highest BCUT2D eigenvalue weighted by Crippen LogP contribution is 2.23. The van der Waals surface area contributed by atoms with E-state index in [1.54, 1.807) is 7.05 Å². The predicted octanol–water partition coefficient (Wildman–Crippen LogP) is 2.69. The molecule has 0 heterocycles. The van der Waals surface area contributed by atoms with E-state index in [0.29, 0.717) is 6.10 Å². The van der Waals surface area contributed by atoms with E-state index in [9.17, 15) is 0 Å². The van der Waals surface area contributed by atoms with E-state index in [0.717, 1.165) is 18.3 Å². The molecule has 0 atom stereocenters. The molecule has 1 aromatic rings. The summed E-state index contributed by atoms with van der Waals surface area (Å²) in [4.78, 5) is 4.09. The van der Waals surface area contributed by atoms with Crippen molar-refractivity contribution in [1.82, 2.24) is 10.6 Å². The maximum absolute atomic E-state index is 6.02. The molecule has 1 aromatic carbocycles. The van der Waals surface area contributed by atoms with Crippen molar-refractivity contribution in [2.24, 2.45) is 4.99 Å². The van der Waals surface area contributed by atoms with E-state index in [4.69, 9.17) is 4.74 Å². The summed E-state index contributed by atoms with van der Waals surface area (Å²) in [6, 6.07) is 8.34. The molecule has 0 aromatic heterocycles. The van der Waals surface area contributed by atoms with Crippen molar-refractivity contribution in [3.8, 4) is 5.75 Å². The van der Waals surface area contributed by atoms with Crippen LogP contribution in [0.3, 0.4) is 0 Å². The van der Waals surface area contributed by atoms with Gasteiger partial charge in [-0.25, -0.2) is 0 Å². The molecule has 4 heteroatoms. The molecule has 20 heavy (non-hydrogen) atoms. The van der Waals surface area contributed by atoms with E-state index >= 15 is 0 Å². The van der Waals surface area contributed by atoms with E-state index in [1.165, 1.54) is 37.7 Å². The standard InChI is InChI=1S/C16H25N3O/c1-17-16(18-2)19-12-13-8-10-15(11-9-13)20-14-6-4-3-5-7-14/h8-11,14H,3-7,12H2,1-2H3,(H2,17,18,19). The molecule has 1 aliphatic carbocycles. The van der Waals surface area contributed by atoms with Crippen molar-refractivity contribution in [2.45, 2.75) is 44.8 Å². The topological polar surface area (TPSA) is 45.7 Å². The SMILES string of the molecule is CN=C(NC)NCc1ccc(OC2CCCCC2)cc1. The number of rotatable bonds is 4. The molecule has 110 valence electrons. The second-order valence-corrected chi connectivity index (χ2v) is 5.20. The van der Waals surface area contributed by atoms with Gasteiger partial charge >= 0.3 is 0 Å².